The Labute approximate surface area is 102 Å². The molecule has 0 amide bonds. The predicted octanol–water partition coefficient (Wildman–Crippen LogP) is 2.62. The molecule has 0 aliphatic rings. The van der Waals surface area contributed by atoms with Crippen molar-refractivity contribution in [1.29, 1.82) is 0 Å². The predicted molar refractivity (Wildman–Crippen MR) is 63.5 cm³/mol. The third kappa shape index (κ3) is 2.17. The van der Waals surface area contributed by atoms with Crippen molar-refractivity contribution in [2.45, 2.75) is 6.92 Å². The van der Waals surface area contributed by atoms with Crippen LogP contribution in [0.3, 0.4) is 0 Å². The minimum absolute atomic E-state index is 0.146. The Kier molecular flexibility index (Phi) is 3.15. The summed E-state index contributed by atoms with van der Waals surface area (Å²) in [7, 11) is 0. The van der Waals surface area contributed by atoms with Crippen LogP contribution in [0.15, 0.2) is 33.5 Å². The van der Waals surface area contributed by atoms with Gasteiger partial charge in [0.1, 0.15) is 11.1 Å². The molecule has 0 saturated heterocycles. The molecule has 0 bridgehead atoms. The lowest BCUT2D eigenvalue weighted by molar-refractivity contribution is 0.0522. The Morgan fingerprint density at radius 3 is 2.94 bits per heavy atom. The van der Waals surface area contributed by atoms with E-state index in [2.05, 4.69) is 0 Å². The number of carbonyl (C=O) groups excluding carboxylic acids is 1. The molecule has 0 unspecified atom stereocenters. The topological polar surface area (TPSA) is 56.5 Å². The van der Waals surface area contributed by atoms with Crippen molar-refractivity contribution in [1.82, 2.24) is 0 Å². The monoisotopic (exact) mass is 252 g/mol. The van der Waals surface area contributed by atoms with Crippen LogP contribution < -0.4 is 5.63 Å². The van der Waals surface area contributed by atoms with E-state index in [1.807, 2.05) is 0 Å². The number of rotatable bonds is 2. The number of hydrogen-bond acceptors (Lipinski definition) is 4. The molecule has 4 nitrogen and oxygen atoms in total. The van der Waals surface area contributed by atoms with Crippen LogP contribution in [0.5, 0.6) is 0 Å². The maximum absolute atomic E-state index is 11.6. The molecule has 2 rings (SSSR count). The van der Waals surface area contributed by atoms with Gasteiger partial charge in [0, 0.05) is 5.39 Å². The van der Waals surface area contributed by atoms with E-state index in [0.29, 0.717) is 16.0 Å². The van der Waals surface area contributed by atoms with Crippen molar-refractivity contribution in [3.05, 3.63) is 45.3 Å². The van der Waals surface area contributed by atoms with E-state index < -0.39 is 11.6 Å². The summed E-state index contributed by atoms with van der Waals surface area (Å²) in [6.07, 6.45) is 0. The standard InChI is InChI=1S/C12H9ClO4/c1-2-16-11(14)8-6-7-9(13)4-3-5-10(7)17-12(8)15/h3-6H,2H2,1H3. The van der Waals surface area contributed by atoms with Gasteiger partial charge in [0.25, 0.3) is 0 Å². The van der Waals surface area contributed by atoms with Crippen molar-refractivity contribution < 1.29 is 13.9 Å². The molecule has 0 spiro atoms. The zero-order valence-corrected chi connectivity index (χ0v) is 9.78. The Morgan fingerprint density at radius 2 is 2.24 bits per heavy atom. The highest BCUT2D eigenvalue weighted by molar-refractivity contribution is 6.35. The first-order chi connectivity index (χ1) is 8.13. The molecule has 1 aromatic carbocycles. The third-order valence-electron chi connectivity index (χ3n) is 2.22. The van der Waals surface area contributed by atoms with Gasteiger partial charge in [-0.1, -0.05) is 17.7 Å². The SMILES string of the molecule is CCOC(=O)c1cc2c(Cl)cccc2oc1=O. The average molecular weight is 253 g/mol. The summed E-state index contributed by atoms with van der Waals surface area (Å²) >= 11 is 5.95. The third-order valence-corrected chi connectivity index (χ3v) is 2.55. The van der Waals surface area contributed by atoms with Crippen LogP contribution in [-0.4, -0.2) is 12.6 Å². The Hall–Kier alpha value is -1.81. The Balaban J connectivity index is 2.66. The van der Waals surface area contributed by atoms with Gasteiger partial charge in [-0.05, 0) is 25.1 Å². The zero-order valence-electron chi connectivity index (χ0n) is 9.03. The van der Waals surface area contributed by atoms with Gasteiger partial charge in [-0.15, -0.1) is 0 Å². The highest BCUT2D eigenvalue weighted by atomic mass is 35.5. The highest BCUT2D eigenvalue weighted by Gasteiger charge is 2.15. The van der Waals surface area contributed by atoms with Crippen LogP contribution in [0.1, 0.15) is 17.3 Å². The van der Waals surface area contributed by atoms with Crippen LogP contribution in [-0.2, 0) is 4.74 Å². The number of ether oxygens (including phenoxy) is 1. The first-order valence-electron chi connectivity index (χ1n) is 5.03. The minimum atomic E-state index is -0.724. The molecular formula is C12H9ClO4. The summed E-state index contributed by atoms with van der Waals surface area (Å²) in [5, 5.41) is 0.925. The highest BCUT2D eigenvalue weighted by Crippen LogP contribution is 2.22. The number of hydrogen-bond donors (Lipinski definition) is 0. The van der Waals surface area contributed by atoms with E-state index in [1.54, 1.807) is 25.1 Å². The van der Waals surface area contributed by atoms with E-state index in [4.69, 9.17) is 20.8 Å². The maximum atomic E-state index is 11.6. The number of carbonyl (C=O) groups is 1. The summed E-state index contributed by atoms with van der Waals surface area (Å²) in [4.78, 5) is 23.0. The lowest BCUT2D eigenvalue weighted by Crippen LogP contribution is -2.16. The molecule has 0 aliphatic heterocycles. The normalized spacial score (nSPS) is 10.5. The largest absolute Gasteiger partial charge is 0.462 e. The number of halogens is 1. The average Bonchev–Trinajstić information content (AvgIpc) is 2.29. The fraction of sp³-hybridized carbons (Fsp3) is 0.167. The quantitative estimate of drug-likeness (QED) is 0.609. The fourth-order valence-corrected chi connectivity index (χ4v) is 1.68. The van der Waals surface area contributed by atoms with Crippen molar-refractivity contribution in [3.8, 4) is 0 Å². The van der Waals surface area contributed by atoms with Gasteiger partial charge in [-0.25, -0.2) is 9.59 Å². The van der Waals surface area contributed by atoms with Crippen molar-refractivity contribution >= 4 is 28.5 Å². The first kappa shape index (κ1) is 11.7. The molecule has 17 heavy (non-hydrogen) atoms. The molecule has 0 fully saturated rings. The second-order valence-corrected chi connectivity index (χ2v) is 3.73. The molecule has 88 valence electrons. The molecule has 0 aliphatic carbocycles. The molecule has 0 atom stereocenters. The van der Waals surface area contributed by atoms with Gasteiger partial charge < -0.3 is 9.15 Å². The summed E-state index contributed by atoms with van der Waals surface area (Å²) in [6.45, 7) is 1.85. The molecule has 2 aromatic rings. The smallest absolute Gasteiger partial charge is 0.351 e. The molecule has 0 N–H and O–H groups in total. The van der Waals surface area contributed by atoms with Gasteiger partial charge in [0.15, 0.2) is 0 Å². The lowest BCUT2D eigenvalue weighted by Gasteiger charge is -2.03. The Morgan fingerprint density at radius 1 is 1.47 bits per heavy atom. The van der Waals surface area contributed by atoms with E-state index in [-0.39, 0.29) is 12.2 Å². The van der Waals surface area contributed by atoms with E-state index >= 15 is 0 Å². The molecule has 1 aromatic heterocycles. The van der Waals surface area contributed by atoms with E-state index in [9.17, 15) is 9.59 Å². The van der Waals surface area contributed by atoms with Crippen molar-refractivity contribution in [2.24, 2.45) is 0 Å². The van der Waals surface area contributed by atoms with E-state index in [0.717, 1.165) is 0 Å². The van der Waals surface area contributed by atoms with Crippen LogP contribution >= 0.6 is 11.6 Å². The van der Waals surface area contributed by atoms with Crippen LogP contribution in [0.2, 0.25) is 5.02 Å². The van der Waals surface area contributed by atoms with Crippen LogP contribution in [0, 0.1) is 0 Å². The zero-order chi connectivity index (χ0) is 12.4. The van der Waals surface area contributed by atoms with Crippen LogP contribution in [0.4, 0.5) is 0 Å². The number of esters is 1. The fourth-order valence-electron chi connectivity index (χ4n) is 1.46. The lowest BCUT2D eigenvalue weighted by atomic mass is 10.2. The summed E-state index contributed by atoms with van der Waals surface area (Å²) in [6, 6.07) is 6.31. The minimum Gasteiger partial charge on any atom is -0.462 e. The second-order valence-electron chi connectivity index (χ2n) is 3.32. The molecule has 5 heteroatoms. The second kappa shape index (κ2) is 4.59. The van der Waals surface area contributed by atoms with Gasteiger partial charge >= 0.3 is 11.6 Å². The van der Waals surface area contributed by atoms with Crippen molar-refractivity contribution in [3.63, 3.8) is 0 Å². The number of benzene rings is 1. The molecule has 1 heterocycles. The number of fused-ring (bicyclic) bond motifs is 1. The van der Waals surface area contributed by atoms with Gasteiger partial charge in [-0.3, -0.25) is 0 Å². The first-order valence-corrected chi connectivity index (χ1v) is 5.40. The Bertz CT molecular complexity index is 630. The van der Waals surface area contributed by atoms with E-state index in [1.165, 1.54) is 6.07 Å². The van der Waals surface area contributed by atoms with Crippen molar-refractivity contribution in [2.75, 3.05) is 6.61 Å². The molecular weight excluding hydrogens is 244 g/mol. The maximum Gasteiger partial charge on any atom is 0.351 e. The van der Waals surface area contributed by atoms with Gasteiger partial charge in [0.05, 0.1) is 11.6 Å². The van der Waals surface area contributed by atoms with Crippen LogP contribution in [0.25, 0.3) is 11.0 Å². The molecule has 0 radical (unpaired) electrons. The van der Waals surface area contributed by atoms with Gasteiger partial charge in [0.2, 0.25) is 0 Å². The molecule has 0 saturated carbocycles. The van der Waals surface area contributed by atoms with Gasteiger partial charge in [-0.2, -0.15) is 0 Å². The summed E-state index contributed by atoms with van der Waals surface area (Å²) in [5.74, 6) is -0.705. The summed E-state index contributed by atoms with van der Waals surface area (Å²) < 4.78 is 9.76. The summed E-state index contributed by atoms with van der Waals surface area (Å²) in [5.41, 5.74) is -0.527.